The van der Waals surface area contributed by atoms with E-state index in [0.717, 1.165) is 35.0 Å². The molecule has 6 heteroatoms. The second-order valence-corrected chi connectivity index (χ2v) is 7.68. The van der Waals surface area contributed by atoms with Gasteiger partial charge in [0, 0.05) is 34.5 Å². The minimum Gasteiger partial charge on any atom is -0.478 e. The number of anilines is 2. The summed E-state index contributed by atoms with van der Waals surface area (Å²) >= 11 is 0. The normalized spacial score (nSPS) is 13.5. The number of fused-ring (bicyclic) bond motifs is 1. The standard InChI is InChI=1S/C24H20FN3O2/c25-21-4-2-1-3-17(21)14-28-10-9-16-11-19(7-8-22(16)28)27-23-20(24(29)30)12-18(13-26-23)15-5-6-15/h1-4,7-13,15H,5-6,14H2,(H,26,27)(H,29,30). The second kappa shape index (κ2) is 7.30. The fraction of sp³-hybridized carbons (Fsp3) is 0.167. The van der Waals surface area contributed by atoms with Gasteiger partial charge in [0.05, 0.1) is 6.54 Å². The van der Waals surface area contributed by atoms with Crippen LogP contribution in [0.1, 0.15) is 40.2 Å². The Morgan fingerprint density at radius 2 is 2.00 bits per heavy atom. The van der Waals surface area contributed by atoms with Crippen molar-refractivity contribution in [1.29, 1.82) is 0 Å². The van der Waals surface area contributed by atoms with Crippen molar-refractivity contribution in [2.45, 2.75) is 25.3 Å². The van der Waals surface area contributed by atoms with Gasteiger partial charge in [-0.3, -0.25) is 0 Å². The smallest absolute Gasteiger partial charge is 0.339 e. The van der Waals surface area contributed by atoms with Crippen LogP contribution >= 0.6 is 0 Å². The average molecular weight is 401 g/mol. The zero-order chi connectivity index (χ0) is 20.7. The highest BCUT2D eigenvalue weighted by atomic mass is 19.1. The lowest BCUT2D eigenvalue weighted by Crippen LogP contribution is -2.06. The average Bonchev–Trinajstić information content (AvgIpc) is 3.52. The maximum Gasteiger partial charge on any atom is 0.339 e. The Balaban J connectivity index is 1.42. The molecule has 0 aliphatic heterocycles. The molecule has 4 aromatic rings. The number of benzene rings is 2. The van der Waals surface area contributed by atoms with Crippen LogP contribution in [0.2, 0.25) is 0 Å². The lowest BCUT2D eigenvalue weighted by Gasteiger charge is -2.11. The van der Waals surface area contributed by atoms with Crippen molar-refractivity contribution in [1.82, 2.24) is 9.55 Å². The Hall–Kier alpha value is -3.67. The first-order valence-corrected chi connectivity index (χ1v) is 9.91. The number of carboxylic acid groups (broad SMARTS) is 1. The van der Waals surface area contributed by atoms with Crippen LogP contribution in [0, 0.1) is 5.82 Å². The van der Waals surface area contributed by atoms with Crippen molar-refractivity contribution in [2.75, 3.05) is 5.32 Å². The first-order valence-electron chi connectivity index (χ1n) is 9.91. The maximum atomic E-state index is 14.0. The zero-order valence-electron chi connectivity index (χ0n) is 16.2. The maximum absolute atomic E-state index is 14.0. The number of carbonyl (C=O) groups is 1. The molecule has 1 aliphatic carbocycles. The highest BCUT2D eigenvalue weighted by molar-refractivity contribution is 5.94. The van der Waals surface area contributed by atoms with Gasteiger partial charge in [-0.2, -0.15) is 0 Å². The summed E-state index contributed by atoms with van der Waals surface area (Å²) in [4.78, 5) is 16.1. The van der Waals surface area contributed by atoms with Gasteiger partial charge in [-0.15, -0.1) is 0 Å². The summed E-state index contributed by atoms with van der Waals surface area (Å²) in [6.07, 6.45) is 5.87. The van der Waals surface area contributed by atoms with Crippen LogP contribution in [-0.2, 0) is 6.54 Å². The van der Waals surface area contributed by atoms with Gasteiger partial charge in [0.2, 0.25) is 0 Å². The first kappa shape index (κ1) is 18.4. The Kier molecular flexibility index (Phi) is 4.47. The fourth-order valence-corrected chi connectivity index (χ4v) is 3.75. The summed E-state index contributed by atoms with van der Waals surface area (Å²) < 4.78 is 16.0. The number of rotatable bonds is 6. The van der Waals surface area contributed by atoms with Gasteiger partial charge in [0.15, 0.2) is 0 Å². The summed E-state index contributed by atoms with van der Waals surface area (Å²) in [5.74, 6) is -0.448. The third kappa shape index (κ3) is 3.52. The summed E-state index contributed by atoms with van der Waals surface area (Å²) in [7, 11) is 0. The second-order valence-electron chi connectivity index (χ2n) is 7.68. The molecule has 2 N–H and O–H groups in total. The molecule has 30 heavy (non-hydrogen) atoms. The van der Waals surface area contributed by atoms with E-state index < -0.39 is 5.97 Å². The number of hydrogen-bond donors (Lipinski definition) is 2. The van der Waals surface area contributed by atoms with Gasteiger partial charge in [0.1, 0.15) is 17.2 Å². The molecule has 2 aromatic carbocycles. The molecule has 0 saturated heterocycles. The van der Waals surface area contributed by atoms with Gasteiger partial charge in [0.25, 0.3) is 0 Å². The topological polar surface area (TPSA) is 67.2 Å². The zero-order valence-corrected chi connectivity index (χ0v) is 16.2. The van der Waals surface area contributed by atoms with Crippen LogP contribution in [-0.4, -0.2) is 20.6 Å². The molecule has 2 aromatic heterocycles. The van der Waals surface area contributed by atoms with Crippen molar-refractivity contribution in [2.24, 2.45) is 0 Å². The SMILES string of the molecule is O=C(O)c1cc(C2CC2)cnc1Nc1ccc2c(ccn2Cc2ccccc2F)c1. The molecular formula is C24H20FN3O2. The molecule has 0 amide bonds. The molecule has 5 rings (SSSR count). The predicted octanol–water partition coefficient (Wildman–Crippen LogP) is 5.54. The van der Waals surface area contributed by atoms with E-state index >= 15 is 0 Å². The summed E-state index contributed by atoms with van der Waals surface area (Å²) in [6.45, 7) is 0.441. The van der Waals surface area contributed by atoms with E-state index in [1.54, 1.807) is 24.4 Å². The Morgan fingerprint density at radius 3 is 2.77 bits per heavy atom. The van der Waals surface area contributed by atoms with Gasteiger partial charge in [-0.05, 0) is 60.7 Å². The number of aromatic nitrogens is 2. The third-order valence-corrected chi connectivity index (χ3v) is 5.52. The van der Waals surface area contributed by atoms with Gasteiger partial charge in [-0.25, -0.2) is 14.2 Å². The molecule has 0 spiro atoms. The number of nitrogens with zero attached hydrogens (tertiary/aromatic N) is 2. The number of halogens is 1. The molecule has 1 fully saturated rings. The van der Waals surface area contributed by atoms with E-state index in [1.807, 2.05) is 41.1 Å². The van der Waals surface area contributed by atoms with E-state index in [-0.39, 0.29) is 11.4 Å². The molecule has 1 aliphatic rings. The van der Waals surface area contributed by atoms with Gasteiger partial charge in [-0.1, -0.05) is 18.2 Å². The van der Waals surface area contributed by atoms with Crippen LogP contribution in [0.5, 0.6) is 0 Å². The number of aromatic carboxylic acids is 1. The van der Waals surface area contributed by atoms with Crippen molar-refractivity contribution in [3.05, 3.63) is 89.5 Å². The Morgan fingerprint density at radius 1 is 1.17 bits per heavy atom. The van der Waals surface area contributed by atoms with Crippen LogP contribution in [0.4, 0.5) is 15.9 Å². The van der Waals surface area contributed by atoms with E-state index in [4.69, 9.17) is 0 Å². The molecule has 0 unspecified atom stereocenters. The summed E-state index contributed by atoms with van der Waals surface area (Å²) in [5.41, 5.74) is 3.51. The largest absolute Gasteiger partial charge is 0.478 e. The van der Waals surface area contributed by atoms with E-state index in [9.17, 15) is 14.3 Å². The van der Waals surface area contributed by atoms with Crippen LogP contribution in [0.15, 0.2) is 67.0 Å². The number of hydrogen-bond acceptors (Lipinski definition) is 3. The summed E-state index contributed by atoms with van der Waals surface area (Å²) in [6, 6.07) is 16.2. The lowest BCUT2D eigenvalue weighted by atomic mass is 10.1. The molecule has 0 radical (unpaired) electrons. The molecule has 0 atom stereocenters. The minimum absolute atomic E-state index is 0.177. The Bertz CT molecular complexity index is 1260. The molecule has 150 valence electrons. The van der Waals surface area contributed by atoms with Gasteiger partial charge >= 0.3 is 5.97 Å². The summed E-state index contributed by atoms with van der Waals surface area (Å²) in [5, 5.41) is 13.7. The molecule has 5 nitrogen and oxygen atoms in total. The quantitative estimate of drug-likeness (QED) is 0.445. The minimum atomic E-state index is -0.996. The van der Waals surface area contributed by atoms with Crippen LogP contribution in [0.3, 0.4) is 0 Å². The van der Waals surface area contributed by atoms with Crippen molar-refractivity contribution >= 4 is 28.4 Å². The highest BCUT2D eigenvalue weighted by Gasteiger charge is 2.26. The highest BCUT2D eigenvalue weighted by Crippen LogP contribution is 2.40. The fourth-order valence-electron chi connectivity index (χ4n) is 3.75. The van der Waals surface area contributed by atoms with Crippen molar-refractivity contribution < 1.29 is 14.3 Å². The van der Waals surface area contributed by atoms with Crippen LogP contribution < -0.4 is 5.32 Å². The first-order chi connectivity index (χ1) is 14.6. The Labute approximate surface area is 172 Å². The van der Waals surface area contributed by atoms with Gasteiger partial charge < -0.3 is 15.0 Å². The molecule has 1 saturated carbocycles. The third-order valence-electron chi connectivity index (χ3n) is 5.52. The van der Waals surface area contributed by atoms with E-state index in [1.165, 1.54) is 6.07 Å². The lowest BCUT2D eigenvalue weighted by molar-refractivity contribution is 0.0697. The van der Waals surface area contributed by atoms with Crippen molar-refractivity contribution in [3.8, 4) is 0 Å². The number of nitrogens with one attached hydrogen (secondary N) is 1. The monoisotopic (exact) mass is 401 g/mol. The molecule has 2 heterocycles. The number of carboxylic acids is 1. The van der Waals surface area contributed by atoms with Crippen molar-refractivity contribution in [3.63, 3.8) is 0 Å². The predicted molar refractivity (Wildman–Crippen MR) is 114 cm³/mol. The molecular weight excluding hydrogens is 381 g/mol. The van der Waals surface area contributed by atoms with E-state index in [0.29, 0.717) is 23.8 Å². The van der Waals surface area contributed by atoms with Crippen LogP contribution in [0.25, 0.3) is 10.9 Å². The number of pyridine rings is 1. The van der Waals surface area contributed by atoms with E-state index in [2.05, 4.69) is 10.3 Å². The molecule has 0 bridgehead atoms.